The van der Waals surface area contributed by atoms with Gasteiger partial charge in [0.25, 0.3) is 5.91 Å². The molecular weight excluding hydrogens is 452 g/mol. The maximum atomic E-state index is 12.9. The van der Waals surface area contributed by atoms with Gasteiger partial charge in [-0.2, -0.15) is 10.2 Å². The number of aromatic amines is 1. The van der Waals surface area contributed by atoms with Crippen molar-refractivity contribution in [2.45, 2.75) is 46.2 Å². The molecule has 11 heteroatoms. The van der Waals surface area contributed by atoms with Crippen LogP contribution in [-0.4, -0.2) is 54.3 Å². The summed E-state index contributed by atoms with van der Waals surface area (Å²) in [4.78, 5) is 32.2. The van der Waals surface area contributed by atoms with Crippen LogP contribution in [0.5, 0.6) is 0 Å². The molecular formula is C23H26N8O2S. The number of nitrogens with zero attached hydrogens (tertiary/aromatic N) is 5. The molecule has 1 fully saturated rings. The molecule has 3 aromatic heterocycles. The van der Waals surface area contributed by atoms with E-state index in [9.17, 15) is 9.59 Å². The lowest BCUT2D eigenvalue weighted by molar-refractivity contribution is -0.132. The van der Waals surface area contributed by atoms with Crippen LogP contribution in [-0.2, 0) is 11.3 Å². The molecule has 1 aliphatic rings. The number of likely N-dealkylation sites (N-methyl/N-ethyl adjacent to an activating group) is 1. The van der Waals surface area contributed by atoms with Gasteiger partial charge in [0.2, 0.25) is 5.91 Å². The lowest BCUT2D eigenvalue weighted by atomic mass is 10.1. The molecule has 0 spiro atoms. The summed E-state index contributed by atoms with van der Waals surface area (Å²) in [5.74, 6) is 0.452. The second-order valence-electron chi connectivity index (χ2n) is 8.47. The molecule has 4 aromatic rings. The van der Waals surface area contributed by atoms with Crippen molar-refractivity contribution in [2.75, 3.05) is 17.2 Å². The Bertz CT molecular complexity index is 1370. The molecule has 3 heterocycles. The average Bonchev–Trinajstić information content (AvgIpc) is 3.19. The highest BCUT2D eigenvalue weighted by atomic mass is 32.1. The van der Waals surface area contributed by atoms with Crippen molar-refractivity contribution in [1.29, 1.82) is 0 Å². The Morgan fingerprint density at radius 1 is 1.24 bits per heavy atom. The number of hydrogen-bond donors (Lipinski definition) is 3. The van der Waals surface area contributed by atoms with Crippen LogP contribution in [0.2, 0.25) is 0 Å². The molecule has 3 N–H and O–H groups in total. The molecule has 0 unspecified atom stereocenters. The largest absolute Gasteiger partial charge is 0.338 e. The Kier molecular flexibility index (Phi) is 5.78. The van der Waals surface area contributed by atoms with Gasteiger partial charge in [0.05, 0.1) is 23.6 Å². The number of hydrogen-bond acceptors (Lipinski definition) is 7. The minimum atomic E-state index is -0.241. The number of amides is 2. The quantitative estimate of drug-likeness (QED) is 0.354. The number of thiazole rings is 1. The molecule has 0 aliphatic heterocycles. The number of carbonyl (C=O) groups excluding carboxylic acids is 2. The summed E-state index contributed by atoms with van der Waals surface area (Å²) in [5, 5.41) is 19.1. The summed E-state index contributed by atoms with van der Waals surface area (Å²) in [6, 6.07) is 4.25. The van der Waals surface area contributed by atoms with Crippen LogP contribution in [0.15, 0.2) is 30.7 Å². The van der Waals surface area contributed by atoms with E-state index in [1.807, 2.05) is 44.0 Å². The second kappa shape index (κ2) is 8.90. The van der Waals surface area contributed by atoms with Gasteiger partial charge < -0.3 is 15.5 Å². The number of benzene rings is 1. The summed E-state index contributed by atoms with van der Waals surface area (Å²) in [7, 11) is 0. The van der Waals surface area contributed by atoms with E-state index in [4.69, 9.17) is 0 Å². The molecule has 0 radical (unpaired) electrons. The standard InChI is InChI=1S/C23H26N8O2S/c1-4-31(15-6-7-15)19(32)12-30-11-14(3)21(29-30)27-23-24-10-18(34-23)22(33)26-20-13(2)5-8-17-16(20)9-25-28-17/h5,8-11,15H,4,6-7,12H2,1-3H3,(H,25,28)(H,26,33)(H,24,27,29). The van der Waals surface area contributed by atoms with Crippen molar-refractivity contribution >= 4 is 50.7 Å². The Morgan fingerprint density at radius 2 is 2.06 bits per heavy atom. The Labute approximate surface area is 200 Å². The van der Waals surface area contributed by atoms with Gasteiger partial charge in [0.1, 0.15) is 11.4 Å². The molecule has 0 atom stereocenters. The van der Waals surface area contributed by atoms with Crippen LogP contribution in [0.1, 0.15) is 40.6 Å². The fraction of sp³-hybridized carbons (Fsp3) is 0.348. The number of rotatable bonds is 8. The summed E-state index contributed by atoms with van der Waals surface area (Å²) >= 11 is 1.24. The number of aryl methyl sites for hydroxylation is 2. The lowest BCUT2D eigenvalue weighted by Crippen LogP contribution is -2.35. The third kappa shape index (κ3) is 4.38. The van der Waals surface area contributed by atoms with E-state index in [0.717, 1.165) is 40.6 Å². The normalized spacial score (nSPS) is 13.3. The van der Waals surface area contributed by atoms with Crippen LogP contribution in [0.25, 0.3) is 10.9 Å². The molecule has 1 aromatic carbocycles. The monoisotopic (exact) mass is 478 g/mol. The van der Waals surface area contributed by atoms with Crippen LogP contribution in [0.4, 0.5) is 16.6 Å². The van der Waals surface area contributed by atoms with Gasteiger partial charge in [-0.15, -0.1) is 0 Å². The summed E-state index contributed by atoms with van der Waals surface area (Å²) in [5.41, 5.74) is 3.43. The van der Waals surface area contributed by atoms with E-state index in [-0.39, 0.29) is 18.4 Å². The highest BCUT2D eigenvalue weighted by molar-refractivity contribution is 7.17. The smallest absolute Gasteiger partial charge is 0.267 e. The molecule has 34 heavy (non-hydrogen) atoms. The van der Waals surface area contributed by atoms with Crippen LogP contribution in [0.3, 0.4) is 0 Å². The van der Waals surface area contributed by atoms with Crippen molar-refractivity contribution in [3.05, 3.63) is 46.7 Å². The number of anilines is 3. The van der Waals surface area contributed by atoms with E-state index >= 15 is 0 Å². The van der Waals surface area contributed by atoms with Gasteiger partial charge in [-0.1, -0.05) is 17.4 Å². The summed E-state index contributed by atoms with van der Waals surface area (Å²) < 4.78 is 1.65. The Balaban J connectivity index is 1.26. The highest BCUT2D eigenvalue weighted by Gasteiger charge is 2.31. The Morgan fingerprint density at radius 3 is 2.82 bits per heavy atom. The Hall–Kier alpha value is -3.73. The zero-order chi connectivity index (χ0) is 23.8. The lowest BCUT2D eigenvalue weighted by Gasteiger charge is -2.20. The number of H-pyrrole nitrogens is 1. The van der Waals surface area contributed by atoms with Gasteiger partial charge in [-0.25, -0.2) is 4.98 Å². The number of carbonyl (C=O) groups is 2. The molecule has 0 bridgehead atoms. The van der Waals surface area contributed by atoms with Gasteiger partial charge in [0, 0.05) is 29.7 Å². The molecule has 1 aliphatic carbocycles. The third-order valence-corrected chi connectivity index (χ3v) is 6.83. The zero-order valence-electron chi connectivity index (χ0n) is 19.3. The van der Waals surface area contributed by atoms with Crippen molar-refractivity contribution in [2.24, 2.45) is 0 Å². The van der Waals surface area contributed by atoms with E-state index in [0.29, 0.717) is 28.4 Å². The van der Waals surface area contributed by atoms with Gasteiger partial charge in [-0.3, -0.25) is 19.4 Å². The van der Waals surface area contributed by atoms with Gasteiger partial charge in [-0.05, 0) is 45.2 Å². The van der Waals surface area contributed by atoms with Gasteiger partial charge >= 0.3 is 0 Å². The first-order valence-electron chi connectivity index (χ1n) is 11.2. The van der Waals surface area contributed by atoms with Crippen molar-refractivity contribution in [3.8, 4) is 0 Å². The first-order valence-corrected chi connectivity index (χ1v) is 12.0. The number of nitrogens with one attached hydrogen (secondary N) is 3. The first kappa shape index (κ1) is 22.1. The molecule has 1 saturated carbocycles. The average molecular weight is 479 g/mol. The predicted molar refractivity (Wildman–Crippen MR) is 132 cm³/mol. The fourth-order valence-electron chi connectivity index (χ4n) is 3.98. The van der Waals surface area contributed by atoms with E-state index in [1.165, 1.54) is 17.5 Å². The van der Waals surface area contributed by atoms with Crippen LogP contribution >= 0.6 is 11.3 Å². The summed E-state index contributed by atoms with van der Waals surface area (Å²) in [6.45, 7) is 6.79. The fourth-order valence-corrected chi connectivity index (χ4v) is 4.70. The van der Waals surface area contributed by atoms with E-state index < -0.39 is 0 Å². The number of aromatic nitrogens is 5. The summed E-state index contributed by atoms with van der Waals surface area (Å²) in [6.07, 6.45) is 7.25. The predicted octanol–water partition coefficient (Wildman–Crippen LogP) is 3.84. The SMILES string of the molecule is CCN(C(=O)Cn1cc(C)c(Nc2ncc(C(=O)Nc3c(C)ccc4[nH]ncc34)s2)n1)C1CC1. The topological polar surface area (TPSA) is 121 Å². The van der Waals surface area contributed by atoms with Crippen molar-refractivity contribution in [1.82, 2.24) is 29.9 Å². The zero-order valence-corrected chi connectivity index (χ0v) is 20.1. The second-order valence-corrected chi connectivity index (χ2v) is 9.50. The number of fused-ring (bicyclic) bond motifs is 1. The molecule has 176 valence electrons. The van der Waals surface area contributed by atoms with Gasteiger partial charge in [0.15, 0.2) is 10.9 Å². The maximum Gasteiger partial charge on any atom is 0.267 e. The molecule has 2 amide bonds. The minimum Gasteiger partial charge on any atom is -0.338 e. The third-order valence-electron chi connectivity index (χ3n) is 5.92. The molecule has 10 nitrogen and oxygen atoms in total. The van der Waals surface area contributed by atoms with E-state index in [1.54, 1.807) is 10.9 Å². The minimum absolute atomic E-state index is 0.0789. The van der Waals surface area contributed by atoms with Crippen LogP contribution in [0, 0.1) is 13.8 Å². The van der Waals surface area contributed by atoms with Crippen molar-refractivity contribution < 1.29 is 9.59 Å². The first-order chi connectivity index (χ1) is 16.4. The van der Waals surface area contributed by atoms with Crippen LogP contribution < -0.4 is 10.6 Å². The van der Waals surface area contributed by atoms with E-state index in [2.05, 4.69) is 30.9 Å². The molecule has 0 saturated heterocycles. The molecule has 5 rings (SSSR count). The maximum absolute atomic E-state index is 12.9. The van der Waals surface area contributed by atoms with Crippen molar-refractivity contribution in [3.63, 3.8) is 0 Å². The highest BCUT2D eigenvalue weighted by Crippen LogP contribution is 2.29.